The highest BCUT2D eigenvalue weighted by Crippen LogP contribution is 2.26. The Labute approximate surface area is 185 Å². The number of pyridine rings is 1. The molecular weight excluding hydrogens is 409 g/mol. The first-order chi connectivity index (χ1) is 15.7. The number of nitrogens with zero attached hydrogens (tertiary/aromatic N) is 6. The Morgan fingerprint density at radius 1 is 1.12 bits per heavy atom. The Hall–Kier alpha value is -3.72. The van der Waals surface area contributed by atoms with E-state index >= 15 is 0 Å². The van der Waals surface area contributed by atoms with Crippen LogP contribution in [0.4, 0.5) is 27.4 Å². The molecule has 4 heterocycles. The molecular formula is C23H24FN7O. The zero-order valence-corrected chi connectivity index (χ0v) is 17.8. The zero-order chi connectivity index (χ0) is 21.9. The zero-order valence-electron chi connectivity index (χ0n) is 17.8. The summed E-state index contributed by atoms with van der Waals surface area (Å²) in [5, 5.41) is 8.01. The number of anilines is 4. The van der Waals surface area contributed by atoms with Gasteiger partial charge in [0.2, 0.25) is 0 Å². The molecule has 1 N–H and O–H groups in total. The van der Waals surface area contributed by atoms with Crippen molar-refractivity contribution in [2.75, 3.05) is 48.5 Å². The number of aromatic nitrogens is 4. The van der Waals surface area contributed by atoms with E-state index in [9.17, 15) is 4.39 Å². The van der Waals surface area contributed by atoms with Crippen LogP contribution < -0.4 is 15.1 Å². The number of ether oxygens (including phenoxy) is 1. The van der Waals surface area contributed by atoms with Crippen LogP contribution in [-0.2, 0) is 11.3 Å². The number of fused-ring (bicyclic) bond motifs is 1. The molecule has 1 aliphatic rings. The summed E-state index contributed by atoms with van der Waals surface area (Å²) < 4.78 is 21.5. The van der Waals surface area contributed by atoms with Crippen molar-refractivity contribution in [3.05, 3.63) is 72.4 Å². The molecule has 4 aromatic rings. The average Bonchev–Trinajstić information content (AvgIpc) is 3.22. The molecule has 0 spiro atoms. The summed E-state index contributed by atoms with van der Waals surface area (Å²) in [7, 11) is 1.98. The predicted molar refractivity (Wildman–Crippen MR) is 122 cm³/mol. The first-order valence-corrected chi connectivity index (χ1v) is 10.5. The standard InChI is InChI=1S/C23H24FN7O/c1-29(16-17-3-2-6-25-14-17)22-5-4-21-26-15-23(31(21)28-22)27-19-11-18(24)12-20(13-19)30-7-9-32-10-8-30/h2-6,11-15,27H,7-10,16H2,1H3. The van der Waals surface area contributed by atoms with E-state index in [1.54, 1.807) is 23.0 Å². The minimum absolute atomic E-state index is 0.296. The summed E-state index contributed by atoms with van der Waals surface area (Å²) in [6.07, 6.45) is 5.30. The highest BCUT2D eigenvalue weighted by Gasteiger charge is 2.14. The van der Waals surface area contributed by atoms with Crippen molar-refractivity contribution < 1.29 is 9.13 Å². The molecule has 9 heteroatoms. The molecule has 0 bridgehead atoms. The predicted octanol–water partition coefficient (Wildman–Crippen LogP) is 3.48. The molecule has 8 nitrogen and oxygen atoms in total. The molecule has 3 aromatic heterocycles. The molecule has 0 amide bonds. The first-order valence-electron chi connectivity index (χ1n) is 10.5. The van der Waals surface area contributed by atoms with E-state index in [4.69, 9.17) is 9.84 Å². The molecule has 1 fully saturated rings. The maximum atomic E-state index is 14.4. The van der Waals surface area contributed by atoms with Gasteiger partial charge in [-0.25, -0.2) is 9.37 Å². The Kier molecular flexibility index (Phi) is 5.55. The van der Waals surface area contributed by atoms with Gasteiger partial charge in [-0.3, -0.25) is 4.98 Å². The van der Waals surface area contributed by atoms with E-state index in [1.807, 2.05) is 48.5 Å². The van der Waals surface area contributed by atoms with Crippen LogP contribution >= 0.6 is 0 Å². The molecule has 0 aliphatic carbocycles. The van der Waals surface area contributed by atoms with Crippen molar-refractivity contribution in [3.8, 4) is 0 Å². The molecule has 164 valence electrons. The third-order valence-corrected chi connectivity index (χ3v) is 5.41. The number of imidazole rings is 1. The smallest absolute Gasteiger partial charge is 0.156 e. The van der Waals surface area contributed by atoms with Gasteiger partial charge in [0, 0.05) is 50.5 Å². The number of hydrogen-bond donors (Lipinski definition) is 1. The van der Waals surface area contributed by atoms with Crippen LogP contribution in [0.15, 0.2) is 61.1 Å². The van der Waals surface area contributed by atoms with Gasteiger partial charge in [-0.15, -0.1) is 5.10 Å². The van der Waals surface area contributed by atoms with E-state index in [0.29, 0.717) is 36.9 Å². The van der Waals surface area contributed by atoms with Crippen molar-refractivity contribution in [3.63, 3.8) is 0 Å². The number of nitrogens with one attached hydrogen (secondary N) is 1. The van der Waals surface area contributed by atoms with Gasteiger partial charge in [-0.1, -0.05) is 6.07 Å². The molecule has 1 aliphatic heterocycles. The van der Waals surface area contributed by atoms with Crippen molar-refractivity contribution >= 4 is 28.7 Å². The van der Waals surface area contributed by atoms with Gasteiger partial charge in [0.1, 0.15) is 11.6 Å². The van der Waals surface area contributed by atoms with Crippen LogP contribution in [0.2, 0.25) is 0 Å². The topological polar surface area (TPSA) is 70.8 Å². The van der Waals surface area contributed by atoms with Crippen LogP contribution in [-0.4, -0.2) is 52.9 Å². The number of hydrogen-bond acceptors (Lipinski definition) is 7. The highest BCUT2D eigenvalue weighted by atomic mass is 19.1. The fraction of sp³-hybridized carbons (Fsp3) is 0.261. The van der Waals surface area contributed by atoms with Crippen LogP contribution in [0.1, 0.15) is 5.56 Å². The van der Waals surface area contributed by atoms with Crippen LogP contribution in [0, 0.1) is 5.82 Å². The third-order valence-electron chi connectivity index (χ3n) is 5.41. The van der Waals surface area contributed by atoms with E-state index in [0.717, 1.165) is 30.2 Å². The number of rotatable bonds is 6. The highest BCUT2D eigenvalue weighted by molar-refractivity contribution is 5.65. The van der Waals surface area contributed by atoms with E-state index < -0.39 is 0 Å². The van der Waals surface area contributed by atoms with Gasteiger partial charge < -0.3 is 19.9 Å². The molecule has 0 atom stereocenters. The van der Waals surface area contributed by atoms with E-state index in [-0.39, 0.29) is 5.82 Å². The third kappa shape index (κ3) is 4.33. The maximum Gasteiger partial charge on any atom is 0.156 e. The molecule has 5 rings (SSSR count). The van der Waals surface area contributed by atoms with Gasteiger partial charge in [0.15, 0.2) is 11.5 Å². The monoisotopic (exact) mass is 433 g/mol. The summed E-state index contributed by atoms with van der Waals surface area (Å²) in [5.74, 6) is 1.15. The maximum absolute atomic E-state index is 14.4. The van der Waals surface area contributed by atoms with Crippen molar-refractivity contribution in [2.45, 2.75) is 6.54 Å². The number of benzene rings is 1. The van der Waals surface area contributed by atoms with Gasteiger partial charge in [-0.05, 0) is 42.0 Å². The van der Waals surface area contributed by atoms with Gasteiger partial charge in [0.05, 0.1) is 19.4 Å². The molecule has 1 saturated heterocycles. The minimum Gasteiger partial charge on any atom is -0.378 e. The Bertz CT molecular complexity index is 1210. The second-order valence-electron chi connectivity index (χ2n) is 7.74. The van der Waals surface area contributed by atoms with Crippen LogP contribution in [0.3, 0.4) is 0 Å². The summed E-state index contributed by atoms with van der Waals surface area (Å²) in [5.41, 5.74) is 3.27. The van der Waals surface area contributed by atoms with Crippen molar-refractivity contribution in [1.82, 2.24) is 19.6 Å². The molecule has 1 aromatic carbocycles. The fourth-order valence-corrected chi connectivity index (χ4v) is 3.80. The molecule has 0 unspecified atom stereocenters. The lowest BCUT2D eigenvalue weighted by Gasteiger charge is -2.29. The van der Waals surface area contributed by atoms with Gasteiger partial charge in [-0.2, -0.15) is 4.52 Å². The number of morpholine rings is 1. The van der Waals surface area contributed by atoms with Crippen LogP contribution in [0.5, 0.6) is 0 Å². The summed E-state index contributed by atoms with van der Waals surface area (Å²) in [6, 6.07) is 12.8. The fourth-order valence-electron chi connectivity index (χ4n) is 3.80. The summed E-state index contributed by atoms with van der Waals surface area (Å²) in [4.78, 5) is 12.8. The van der Waals surface area contributed by atoms with E-state index in [2.05, 4.69) is 20.2 Å². The average molecular weight is 433 g/mol. The van der Waals surface area contributed by atoms with Crippen molar-refractivity contribution in [1.29, 1.82) is 0 Å². The second-order valence-corrected chi connectivity index (χ2v) is 7.74. The summed E-state index contributed by atoms with van der Waals surface area (Å²) in [6.45, 7) is 3.45. The SMILES string of the molecule is CN(Cc1cccnc1)c1ccc2ncc(Nc3cc(F)cc(N4CCOCC4)c3)n2n1. The van der Waals surface area contributed by atoms with E-state index in [1.165, 1.54) is 6.07 Å². The lowest BCUT2D eigenvalue weighted by Crippen LogP contribution is -2.36. The molecule has 0 saturated carbocycles. The largest absolute Gasteiger partial charge is 0.378 e. The normalized spacial score (nSPS) is 14.0. The van der Waals surface area contributed by atoms with Gasteiger partial charge >= 0.3 is 0 Å². The lowest BCUT2D eigenvalue weighted by molar-refractivity contribution is 0.122. The van der Waals surface area contributed by atoms with Gasteiger partial charge in [0.25, 0.3) is 0 Å². The van der Waals surface area contributed by atoms with Crippen molar-refractivity contribution in [2.24, 2.45) is 0 Å². The second kappa shape index (κ2) is 8.80. The molecule has 32 heavy (non-hydrogen) atoms. The quantitative estimate of drug-likeness (QED) is 0.499. The van der Waals surface area contributed by atoms with Crippen LogP contribution in [0.25, 0.3) is 5.65 Å². The Morgan fingerprint density at radius 2 is 2.00 bits per heavy atom. The molecule has 0 radical (unpaired) electrons. The first kappa shape index (κ1) is 20.2. The Morgan fingerprint density at radius 3 is 2.81 bits per heavy atom. The minimum atomic E-state index is -0.296. The Balaban J connectivity index is 1.40. The lowest BCUT2D eigenvalue weighted by atomic mass is 10.2. The summed E-state index contributed by atoms with van der Waals surface area (Å²) >= 11 is 0. The number of halogens is 1.